The van der Waals surface area contributed by atoms with Gasteiger partial charge in [0, 0.05) is 11.5 Å². The second kappa shape index (κ2) is 11.9. The Bertz CT molecular complexity index is 1890. The molecular weight excluding hydrogens is 564 g/mol. The third-order valence-electron chi connectivity index (χ3n) is 7.12. The van der Waals surface area contributed by atoms with E-state index in [2.05, 4.69) is 0 Å². The Morgan fingerprint density at radius 2 is 1.57 bits per heavy atom. The van der Waals surface area contributed by atoms with Crippen LogP contribution in [-0.2, 0) is 6.61 Å². The number of esters is 1. The first-order valence-corrected chi connectivity index (χ1v) is 13.7. The Morgan fingerprint density at radius 1 is 0.841 bits per heavy atom. The molecule has 6 rings (SSSR count). The molecule has 9 nitrogen and oxygen atoms in total. The van der Waals surface area contributed by atoms with E-state index in [9.17, 15) is 9.59 Å². The number of Topliss-reactive ketones (excluding diaryl/α,β-unsaturated/α-hetero) is 1. The number of carbonyl (C=O) groups is 2. The molecule has 44 heavy (non-hydrogen) atoms. The van der Waals surface area contributed by atoms with Crippen LogP contribution in [0, 0.1) is 6.92 Å². The van der Waals surface area contributed by atoms with Crippen molar-refractivity contribution >= 4 is 28.8 Å². The minimum atomic E-state index is -0.612. The van der Waals surface area contributed by atoms with Gasteiger partial charge >= 0.3 is 5.97 Å². The number of ether oxygens (including phenoxy) is 6. The summed E-state index contributed by atoms with van der Waals surface area (Å²) < 4.78 is 39.6. The summed E-state index contributed by atoms with van der Waals surface area (Å²) in [4.78, 5) is 26.5. The highest BCUT2D eigenvalue weighted by Crippen LogP contribution is 2.40. The van der Waals surface area contributed by atoms with Crippen molar-refractivity contribution < 1.29 is 42.4 Å². The molecule has 5 aromatic rings. The molecule has 0 radical (unpaired) electrons. The lowest BCUT2D eigenvalue weighted by Gasteiger charge is -2.13. The van der Waals surface area contributed by atoms with Gasteiger partial charge in [-0.2, -0.15) is 0 Å². The van der Waals surface area contributed by atoms with E-state index in [-0.39, 0.29) is 28.6 Å². The molecule has 9 heteroatoms. The van der Waals surface area contributed by atoms with E-state index in [1.54, 1.807) is 55.5 Å². The monoisotopic (exact) mass is 592 g/mol. The number of hydrogen-bond donors (Lipinski definition) is 0. The first kappa shape index (κ1) is 28.4. The van der Waals surface area contributed by atoms with Gasteiger partial charge in [0.1, 0.15) is 40.8 Å². The van der Waals surface area contributed by atoms with Gasteiger partial charge in [-0.1, -0.05) is 30.3 Å². The summed E-state index contributed by atoms with van der Waals surface area (Å²) in [6.07, 6.45) is 1.58. The van der Waals surface area contributed by atoms with Crippen LogP contribution in [0.2, 0.25) is 0 Å². The highest BCUT2D eigenvalue weighted by atomic mass is 16.5. The number of rotatable bonds is 9. The zero-order valence-corrected chi connectivity index (χ0v) is 24.5. The second-order valence-corrected chi connectivity index (χ2v) is 9.91. The fourth-order valence-electron chi connectivity index (χ4n) is 5.01. The number of allylic oxidation sites excluding steroid dienone is 1. The Kier molecular flexibility index (Phi) is 7.68. The fourth-order valence-corrected chi connectivity index (χ4v) is 5.01. The lowest BCUT2D eigenvalue weighted by atomic mass is 10.1. The molecule has 0 bridgehead atoms. The summed E-state index contributed by atoms with van der Waals surface area (Å²) in [5.74, 6) is 1.95. The molecule has 0 amide bonds. The molecule has 0 unspecified atom stereocenters. The van der Waals surface area contributed by atoms with E-state index < -0.39 is 5.97 Å². The van der Waals surface area contributed by atoms with Crippen molar-refractivity contribution in [3.8, 4) is 34.5 Å². The summed E-state index contributed by atoms with van der Waals surface area (Å²) in [6.45, 7) is 2.08. The molecule has 1 aliphatic rings. The molecule has 2 heterocycles. The maximum absolute atomic E-state index is 13.4. The van der Waals surface area contributed by atoms with Gasteiger partial charge in [-0.05, 0) is 66.6 Å². The quantitative estimate of drug-likeness (QED) is 0.100. The summed E-state index contributed by atoms with van der Waals surface area (Å²) in [5.41, 5.74) is 2.79. The van der Waals surface area contributed by atoms with Crippen LogP contribution in [0.25, 0.3) is 17.0 Å². The van der Waals surface area contributed by atoms with Crippen LogP contribution in [0.5, 0.6) is 34.5 Å². The molecular formula is C35H28O9. The maximum atomic E-state index is 13.4. The van der Waals surface area contributed by atoms with Crippen LogP contribution < -0.4 is 28.4 Å². The molecule has 0 N–H and O–H groups in total. The van der Waals surface area contributed by atoms with Crippen LogP contribution in [0.15, 0.2) is 89.0 Å². The van der Waals surface area contributed by atoms with Crippen molar-refractivity contribution in [2.24, 2.45) is 0 Å². The minimum absolute atomic E-state index is 0.0949. The van der Waals surface area contributed by atoms with E-state index in [4.69, 9.17) is 32.8 Å². The fraction of sp³-hybridized carbons (Fsp3) is 0.143. The number of carbonyl (C=O) groups excluding carboxylic acids is 2. The Labute approximate surface area is 253 Å². The Hall–Kier alpha value is -5.70. The topological polar surface area (TPSA) is 103 Å². The smallest absolute Gasteiger partial charge is 0.347 e. The number of benzene rings is 4. The molecule has 0 fully saturated rings. The van der Waals surface area contributed by atoms with Crippen molar-refractivity contribution in [1.29, 1.82) is 0 Å². The highest BCUT2D eigenvalue weighted by Gasteiger charge is 2.29. The number of fused-ring (bicyclic) bond motifs is 2. The molecule has 1 aromatic heterocycles. The van der Waals surface area contributed by atoms with Gasteiger partial charge in [0.2, 0.25) is 11.5 Å². The van der Waals surface area contributed by atoms with Crippen molar-refractivity contribution in [2.45, 2.75) is 13.5 Å². The molecule has 0 atom stereocenters. The van der Waals surface area contributed by atoms with Gasteiger partial charge < -0.3 is 32.8 Å². The normalized spacial score (nSPS) is 13.0. The van der Waals surface area contributed by atoms with E-state index in [1.165, 1.54) is 27.4 Å². The zero-order valence-electron chi connectivity index (χ0n) is 24.5. The lowest BCUT2D eigenvalue weighted by molar-refractivity contribution is 0.0734. The van der Waals surface area contributed by atoms with Crippen molar-refractivity contribution in [1.82, 2.24) is 0 Å². The third-order valence-corrected chi connectivity index (χ3v) is 7.12. The Balaban J connectivity index is 1.22. The number of methoxy groups -OCH3 is 3. The van der Waals surface area contributed by atoms with E-state index >= 15 is 0 Å². The zero-order chi connectivity index (χ0) is 30.8. The average molecular weight is 593 g/mol. The van der Waals surface area contributed by atoms with Crippen molar-refractivity contribution in [3.63, 3.8) is 0 Å². The molecule has 4 aromatic carbocycles. The second-order valence-electron chi connectivity index (χ2n) is 9.91. The van der Waals surface area contributed by atoms with Gasteiger partial charge in [0.15, 0.2) is 17.3 Å². The summed E-state index contributed by atoms with van der Waals surface area (Å²) in [6, 6.07) is 23.1. The van der Waals surface area contributed by atoms with E-state index in [0.717, 1.165) is 5.56 Å². The van der Waals surface area contributed by atoms with Crippen LogP contribution in [-0.4, -0.2) is 33.1 Å². The van der Waals surface area contributed by atoms with E-state index in [1.807, 2.05) is 30.3 Å². The lowest BCUT2D eigenvalue weighted by Crippen LogP contribution is -2.09. The minimum Gasteiger partial charge on any atom is -0.493 e. The Morgan fingerprint density at radius 3 is 2.27 bits per heavy atom. The average Bonchev–Trinajstić information content (AvgIpc) is 3.53. The van der Waals surface area contributed by atoms with Crippen LogP contribution in [0.3, 0.4) is 0 Å². The molecule has 0 spiro atoms. The maximum Gasteiger partial charge on any atom is 0.347 e. The van der Waals surface area contributed by atoms with E-state index in [0.29, 0.717) is 57.5 Å². The number of furan rings is 1. The summed E-state index contributed by atoms with van der Waals surface area (Å²) in [7, 11) is 4.53. The summed E-state index contributed by atoms with van der Waals surface area (Å²) in [5, 5.41) is 0.571. The van der Waals surface area contributed by atoms with Gasteiger partial charge in [0.25, 0.3) is 0 Å². The molecule has 0 saturated carbocycles. The van der Waals surface area contributed by atoms with Crippen molar-refractivity contribution in [3.05, 3.63) is 113 Å². The molecule has 222 valence electrons. The van der Waals surface area contributed by atoms with Gasteiger partial charge in [-0.3, -0.25) is 4.79 Å². The van der Waals surface area contributed by atoms with Gasteiger partial charge in [0.05, 0.1) is 26.9 Å². The van der Waals surface area contributed by atoms with Gasteiger partial charge in [-0.25, -0.2) is 4.79 Å². The number of aryl methyl sites for hydroxylation is 1. The molecule has 0 aliphatic carbocycles. The molecule has 0 saturated heterocycles. The number of hydrogen-bond acceptors (Lipinski definition) is 9. The third kappa shape index (κ3) is 5.43. The first-order chi connectivity index (χ1) is 21.4. The number of ketones is 1. The predicted molar refractivity (Wildman–Crippen MR) is 162 cm³/mol. The molecule has 1 aliphatic heterocycles. The van der Waals surface area contributed by atoms with Crippen LogP contribution in [0.1, 0.15) is 37.6 Å². The predicted octanol–water partition coefficient (Wildman–Crippen LogP) is 7.18. The highest BCUT2D eigenvalue weighted by molar-refractivity contribution is 6.14. The first-order valence-electron chi connectivity index (χ1n) is 13.7. The van der Waals surface area contributed by atoms with Crippen molar-refractivity contribution in [2.75, 3.05) is 21.3 Å². The largest absolute Gasteiger partial charge is 0.493 e. The SMILES string of the molecule is COc1cc(C=C2Oc3cc(OC(=O)c4c(C)oc5ccc(OCc6ccccc6)cc45)ccc3C2=O)cc(OC)c1OC. The standard InChI is InChI=1S/C35H28O9/c1-20-32(26-17-23(11-13-27(26)42-20)41-19-21-8-6-5-7-9-21)35(37)43-24-10-12-25-28(18-24)44-29(33(25)36)14-22-15-30(38-2)34(40-4)31(16-22)39-3/h5-18H,19H2,1-4H3. The summed E-state index contributed by atoms with van der Waals surface area (Å²) >= 11 is 0. The van der Waals surface area contributed by atoms with Gasteiger partial charge in [-0.15, -0.1) is 0 Å². The van der Waals surface area contributed by atoms with Crippen LogP contribution >= 0.6 is 0 Å². The van der Waals surface area contributed by atoms with Crippen LogP contribution in [0.4, 0.5) is 0 Å².